The third-order valence-corrected chi connectivity index (χ3v) is 4.04. The molecule has 0 unspecified atom stereocenters. The van der Waals surface area contributed by atoms with Gasteiger partial charge < -0.3 is 19.7 Å². The zero-order valence-corrected chi connectivity index (χ0v) is 15.5. The van der Waals surface area contributed by atoms with Crippen LogP contribution in [0.4, 0.5) is 14.5 Å². The van der Waals surface area contributed by atoms with Crippen molar-refractivity contribution in [3.05, 3.63) is 54.1 Å². The summed E-state index contributed by atoms with van der Waals surface area (Å²) in [4.78, 5) is 14.6. The number of ether oxygens (including phenoxy) is 2. The highest BCUT2D eigenvalue weighted by Crippen LogP contribution is 2.32. The van der Waals surface area contributed by atoms with Crippen molar-refractivity contribution in [3.8, 4) is 11.5 Å². The summed E-state index contributed by atoms with van der Waals surface area (Å²) in [5.74, 6) is -0.650. The number of methoxy groups -OCH3 is 1. The molecule has 5 nitrogen and oxygen atoms in total. The predicted octanol–water partition coefficient (Wildman–Crippen LogP) is 3.94. The molecule has 0 aliphatic carbocycles. The summed E-state index contributed by atoms with van der Waals surface area (Å²) in [5.41, 5.74) is 1.14. The van der Waals surface area contributed by atoms with Gasteiger partial charge in [0.15, 0.2) is 11.5 Å². The van der Waals surface area contributed by atoms with Crippen LogP contribution in [-0.4, -0.2) is 39.3 Å². The summed E-state index contributed by atoms with van der Waals surface area (Å²) in [5, 5.41) is 2.75. The Bertz CT molecular complexity index is 726. The van der Waals surface area contributed by atoms with Gasteiger partial charge in [-0.2, -0.15) is 8.78 Å². The predicted molar refractivity (Wildman–Crippen MR) is 101 cm³/mol. The number of nitrogens with zero attached hydrogens (tertiary/aromatic N) is 1. The van der Waals surface area contributed by atoms with Gasteiger partial charge >= 0.3 is 6.61 Å². The number of benzene rings is 2. The average Bonchev–Trinajstić information content (AvgIpc) is 2.68. The standard InChI is InChI=1S/C20H24F2N2O3/c1-3-24(15-9-5-4-6-10-15)14-8-13-23-19(25)16-11-7-12-17(26-2)18(16)27-20(21)22/h4-7,9-12,20H,3,8,13-14H2,1-2H3,(H,23,25). The highest BCUT2D eigenvalue weighted by molar-refractivity contribution is 5.97. The van der Waals surface area contributed by atoms with E-state index < -0.39 is 12.5 Å². The molecule has 146 valence electrons. The van der Waals surface area contributed by atoms with Crippen LogP contribution in [0.1, 0.15) is 23.7 Å². The van der Waals surface area contributed by atoms with Crippen molar-refractivity contribution in [2.45, 2.75) is 20.0 Å². The number of anilines is 1. The molecule has 0 fully saturated rings. The molecule has 7 heteroatoms. The van der Waals surface area contributed by atoms with Crippen LogP contribution in [0.15, 0.2) is 48.5 Å². The van der Waals surface area contributed by atoms with Crippen LogP contribution < -0.4 is 19.7 Å². The molecule has 2 rings (SSSR count). The second-order valence-electron chi connectivity index (χ2n) is 5.74. The SMILES string of the molecule is CCN(CCCNC(=O)c1cccc(OC)c1OC(F)F)c1ccccc1. The number of hydrogen-bond donors (Lipinski definition) is 1. The minimum absolute atomic E-state index is 0.0186. The molecule has 0 spiro atoms. The molecule has 0 atom stereocenters. The van der Waals surface area contributed by atoms with Crippen LogP contribution in [0.25, 0.3) is 0 Å². The number of alkyl halides is 2. The maximum absolute atomic E-state index is 12.7. The number of para-hydroxylation sites is 2. The Morgan fingerprint density at radius 1 is 1.15 bits per heavy atom. The number of amides is 1. The number of halogens is 2. The van der Waals surface area contributed by atoms with Crippen molar-refractivity contribution in [2.24, 2.45) is 0 Å². The number of carbonyl (C=O) groups is 1. The minimum Gasteiger partial charge on any atom is -0.493 e. The molecule has 27 heavy (non-hydrogen) atoms. The minimum atomic E-state index is -3.04. The lowest BCUT2D eigenvalue weighted by molar-refractivity contribution is -0.0515. The van der Waals surface area contributed by atoms with Crippen LogP contribution in [0, 0.1) is 0 Å². The van der Waals surface area contributed by atoms with Crippen molar-refractivity contribution in [2.75, 3.05) is 31.6 Å². The fourth-order valence-corrected chi connectivity index (χ4v) is 2.74. The highest BCUT2D eigenvalue weighted by atomic mass is 19.3. The summed E-state index contributed by atoms with van der Waals surface area (Å²) < 4.78 is 34.8. The van der Waals surface area contributed by atoms with Gasteiger partial charge in [-0.05, 0) is 37.6 Å². The number of rotatable bonds is 10. The molecule has 2 aromatic rings. The van der Waals surface area contributed by atoms with Crippen molar-refractivity contribution < 1.29 is 23.0 Å². The zero-order chi connectivity index (χ0) is 19.6. The van der Waals surface area contributed by atoms with Crippen molar-refractivity contribution >= 4 is 11.6 Å². The van der Waals surface area contributed by atoms with E-state index in [1.807, 2.05) is 30.3 Å². The Kier molecular flexibility index (Phi) is 7.85. The Morgan fingerprint density at radius 2 is 1.89 bits per heavy atom. The van der Waals surface area contributed by atoms with Crippen LogP contribution in [0.3, 0.4) is 0 Å². The maximum atomic E-state index is 12.7. The fourth-order valence-electron chi connectivity index (χ4n) is 2.74. The molecule has 0 aromatic heterocycles. The lowest BCUT2D eigenvalue weighted by atomic mass is 10.1. The normalized spacial score (nSPS) is 10.6. The Hall–Kier alpha value is -2.83. The van der Waals surface area contributed by atoms with E-state index in [9.17, 15) is 13.6 Å². The quantitative estimate of drug-likeness (QED) is 0.636. The molecule has 0 aliphatic rings. The molecule has 0 saturated heterocycles. The van der Waals surface area contributed by atoms with Gasteiger partial charge in [0.05, 0.1) is 12.7 Å². The molecular formula is C20H24F2N2O3. The monoisotopic (exact) mass is 378 g/mol. The Labute approximate surface area is 157 Å². The Morgan fingerprint density at radius 3 is 2.52 bits per heavy atom. The van der Waals surface area contributed by atoms with Gasteiger partial charge in [0.25, 0.3) is 5.91 Å². The van der Waals surface area contributed by atoms with Crippen LogP contribution in [-0.2, 0) is 0 Å². The first-order valence-electron chi connectivity index (χ1n) is 8.76. The first-order chi connectivity index (χ1) is 13.1. The van der Waals surface area contributed by atoms with Crippen LogP contribution in [0.2, 0.25) is 0 Å². The molecule has 0 heterocycles. The van der Waals surface area contributed by atoms with E-state index in [0.29, 0.717) is 13.0 Å². The van der Waals surface area contributed by atoms with E-state index in [1.54, 1.807) is 6.07 Å². The molecule has 0 saturated carbocycles. The second kappa shape index (κ2) is 10.4. The molecule has 0 bridgehead atoms. The highest BCUT2D eigenvalue weighted by Gasteiger charge is 2.20. The van der Waals surface area contributed by atoms with Gasteiger partial charge in [-0.1, -0.05) is 24.3 Å². The van der Waals surface area contributed by atoms with Gasteiger partial charge in [-0.25, -0.2) is 0 Å². The van der Waals surface area contributed by atoms with Crippen molar-refractivity contribution in [3.63, 3.8) is 0 Å². The largest absolute Gasteiger partial charge is 0.493 e. The van der Waals surface area contributed by atoms with Gasteiger partial charge in [0.1, 0.15) is 0 Å². The van der Waals surface area contributed by atoms with Gasteiger partial charge in [-0.3, -0.25) is 4.79 Å². The van der Waals surface area contributed by atoms with E-state index in [2.05, 4.69) is 21.9 Å². The molecule has 1 N–H and O–H groups in total. The van der Waals surface area contributed by atoms with Gasteiger partial charge in [0.2, 0.25) is 0 Å². The van der Waals surface area contributed by atoms with Crippen LogP contribution >= 0.6 is 0 Å². The summed E-state index contributed by atoms with van der Waals surface area (Å²) in [6.07, 6.45) is 0.712. The van der Waals surface area contributed by atoms with Crippen LogP contribution in [0.5, 0.6) is 11.5 Å². The van der Waals surface area contributed by atoms with E-state index >= 15 is 0 Å². The Balaban J connectivity index is 1.94. The topological polar surface area (TPSA) is 50.8 Å². The maximum Gasteiger partial charge on any atom is 0.387 e. The second-order valence-corrected chi connectivity index (χ2v) is 5.74. The third kappa shape index (κ3) is 5.84. The van der Waals surface area contributed by atoms with E-state index in [4.69, 9.17) is 4.74 Å². The van der Waals surface area contributed by atoms with Crippen molar-refractivity contribution in [1.29, 1.82) is 0 Å². The van der Waals surface area contributed by atoms with E-state index in [1.165, 1.54) is 19.2 Å². The summed E-state index contributed by atoms with van der Waals surface area (Å²) in [7, 11) is 1.33. The lowest BCUT2D eigenvalue weighted by Crippen LogP contribution is -2.30. The molecule has 2 aromatic carbocycles. The first kappa shape index (κ1) is 20.5. The summed E-state index contributed by atoms with van der Waals surface area (Å²) in [6.45, 7) is 1.04. The molecular weight excluding hydrogens is 354 g/mol. The van der Waals surface area contributed by atoms with E-state index in [0.717, 1.165) is 18.8 Å². The van der Waals surface area contributed by atoms with Gasteiger partial charge in [0, 0.05) is 25.3 Å². The smallest absolute Gasteiger partial charge is 0.387 e. The lowest BCUT2D eigenvalue weighted by Gasteiger charge is -2.23. The summed E-state index contributed by atoms with van der Waals surface area (Å²) in [6, 6.07) is 14.4. The number of hydrogen-bond acceptors (Lipinski definition) is 4. The zero-order valence-electron chi connectivity index (χ0n) is 15.5. The van der Waals surface area contributed by atoms with Crippen molar-refractivity contribution in [1.82, 2.24) is 5.32 Å². The molecule has 1 amide bonds. The first-order valence-corrected chi connectivity index (χ1v) is 8.76. The molecule has 0 aliphatic heterocycles. The third-order valence-electron chi connectivity index (χ3n) is 4.04. The van der Waals surface area contributed by atoms with E-state index in [-0.39, 0.29) is 17.1 Å². The number of carbonyl (C=O) groups excluding carboxylic acids is 1. The average molecular weight is 378 g/mol. The number of nitrogens with one attached hydrogen (secondary N) is 1. The molecule has 0 radical (unpaired) electrons. The summed E-state index contributed by atoms with van der Waals surface area (Å²) >= 11 is 0. The van der Waals surface area contributed by atoms with Gasteiger partial charge in [-0.15, -0.1) is 0 Å². The fraction of sp³-hybridized carbons (Fsp3) is 0.350.